The number of aryl methyl sites for hydroxylation is 2. The number of nitrogens with one attached hydrogen (secondary N) is 1. The van der Waals surface area contributed by atoms with E-state index in [2.05, 4.69) is 93.8 Å². The maximum absolute atomic E-state index is 15.5. The number of epoxide rings is 1. The number of hydrogen-bond donors (Lipinski definition) is 3. The van der Waals surface area contributed by atoms with Gasteiger partial charge in [-0.3, -0.25) is 9.59 Å². The van der Waals surface area contributed by atoms with Gasteiger partial charge in [0, 0.05) is 79.7 Å². The number of fused-ring (bicyclic) bond motifs is 2. The Bertz CT molecular complexity index is 2460. The van der Waals surface area contributed by atoms with E-state index in [4.69, 9.17) is 9.47 Å². The fourth-order valence-electron chi connectivity index (χ4n) is 16.7. The van der Waals surface area contributed by atoms with Crippen molar-refractivity contribution in [2.24, 2.45) is 44.8 Å². The second kappa shape index (κ2) is 13.4. The maximum atomic E-state index is 15.5. The molecular formula is C54H70N2O6. The van der Waals surface area contributed by atoms with Gasteiger partial charge in [-0.05, 0) is 134 Å². The first-order chi connectivity index (χ1) is 29.3. The maximum Gasteiger partial charge on any atom is 0.160 e. The number of aliphatic hydroxyl groups excluding tert-OH is 1. The molecule has 8 nitrogen and oxygen atoms in total. The van der Waals surface area contributed by atoms with Crippen LogP contribution in [0.2, 0.25) is 0 Å². The molecule has 332 valence electrons. The van der Waals surface area contributed by atoms with Crippen LogP contribution in [0, 0.1) is 51.8 Å². The topological polar surface area (TPSA) is 117 Å². The van der Waals surface area contributed by atoms with E-state index in [-0.39, 0.29) is 40.5 Å². The second-order valence-corrected chi connectivity index (χ2v) is 23.7. The van der Waals surface area contributed by atoms with Crippen LogP contribution in [0.1, 0.15) is 146 Å². The summed E-state index contributed by atoms with van der Waals surface area (Å²) in [4.78, 5) is 33.0. The zero-order valence-corrected chi connectivity index (χ0v) is 38.6. The molecule has 5 heterocycles. The van der Waals surface area contributed by atoms with E-state index in [0.717, 1.165) is 69.2 Å². The van der Waals surface area contributed by atoms with Crippen LogP contribution in [0.25, 0.3) is 11.0 Å². The summed E-state index contributed by atoms with van der Waals surface area (Å²) in [5.74, 6) is 0.670. The molecular weight excluding hydrogens is 773 g/mol. The zero-order valence-electron chi connectivity index (χ0n) is 38.6. The Hall–Kier alpha value is -3.30. The lowest BCUT2D eigenvalue weighted by Gasteiger charge is -2.72. The third-order valence-electron chi connectivity index (χ3n) is 19.5. The summed E-state index contributed by atoms with van der Waals surface area (Å²) >= 11 is 0. The molecule has 6 aliphatic carbocycles. The molecule has 2 bridgehead atoms. The van der Waals surface area contributed by atoms with Crippen molar-refractivity contribution in [3.8, 4) is 0 Å². The van der Waals surface area contributed by atoms with Crippen LogP contribution in [0.4, 0.5) is 0 Å². The van der Waals surface area contributed by atoms with Crippen LogP contribution in [0.3, 0.4) is 0 Å². The van der Waals surface area contributed by atoms with Gasteiger partial charge in [0.25, 0.3) is 0 Å². The Labute approximate surface area is 368 Å². The molecule has 2 aromatic heterocycles. The number of Topliss-reactive ketones (excluding diaryl/α,β-unsaturated/α-hetero) is 2. The first-order valence-corrected chi connectivity index (χ1v) is 24.2. The van der Waals surface area contributed by atoms with Gasteiger partial charge < -0.3 is 29.2 Å². The van der Waals surface area contributed by atoms with Crippen molar-refractivity contribution in [2.75, 3.05) is 13.2 Å². The molecule has 62 heavy (non-hydrogen) atoms. The van der Waals surface area contributed by atoms with E-state index in [0.29, 0.717) is 50.4 Å². The SMILES string of the molecule is Cc1cc(Cc2cn3c4c(c[nH]c24)CCC(C)(CC(O)C2OC2(C)C)C2=C4C(C3)C3(O)C=CCC4(CC2=O)C2(C)CCC4C(C)(C)C(=O)CCC4(C)C32)cc(C2CCOCC2)c1. The van der Waals surface area contributed by atoms with Crippen molar-refractivity contribution in [1.82, 2.24) is 9.55 Å². The number of benzene rings is 1. The normalized spacial score (nSPS) is 40.0. The number of rotatable bonds is 6. The number of carbonyl (C=O) groups is 2. The van der Waals surface area contributed by atoms with Crippen molar-refractivity contribution >= 4 is 22.6 Å². The van der Waals surface area contributed by atoms with Gasteiger partial charge in [-0.15, -0.1) is 0 Å². The fraction of sp³-hybridized carbons (Fsp3) is 0.667. The Morgan fingerprint density at radius 2 is 1.73 bits per heavy atom. The number of nitrogens with zero attached hydrogens (tertiary/aromatic N) is 1. The number of ketones is 2. The number of aromatic amines is 1. The summed E-state index contributed by atoms with van der Waals surface area (Å²) < 4.78 is 14.3. The van der Waals surface area contributed by atoms with Crippen molar-refractivity contribution in [1.29, 1.82) is 0 Å². The number of allylic oxidation sites excluding steroid dienone is 2. The van der Waals surface area contributed by atoms with E-state index < -0.39 is 33.6 Å². The highest BCUT2D eigenvalue weighted by molar-refractivity contribution is 6.02. The van der Waals surface area contributed by atoms with Crippen LogP contribution in [-0.2, 0) is 38.4 Å². The first kappa shape index (κ1) is 41.4. The molecule has 0 radical (unpaired) electrons. The van der Waals surface area contributed by atoms with Gasteiger partial charge in [-0.2, -0.15) is 0 Å². The molecule has 1 spiro atoms. The highest BCUT2D eigenvalue weighted by atomic mass is 16.6. The standard InChI is InChI=1S/C54H70N2O6/c1-31-22-32(24-35(23-31)33-13-20-61-21-14-33)25-36-29-56-30-37-42-43(50(6,26-39(58)46-49(4,5)62-46)17-10-34-28-55-44(36)45(34)56)38(57)27-53(42)15-9-16-54(37,60)47-51(7)18-12-41(59)48(2,3)40(51)11-19-52(47,53)8/h9,16,22-24,28-29,33,37,39-40,46-47,55,58,60H,10-15,17-21,25-27,30H2,1-8H3. The lowest BCUT2D eigenvalue weighted by molar-refractivity contribution is -0.243. The zero-order chi connectivity index (χ0) is 43.6. The Kier molecular flexibility index (Phi) is 8.94. The summed E-state index contributed by atoms with van der Waals surface area (Å²) in [5, 5.41) is 26.3. The van der Waals surface area contributed by atoms with Gasteiger partial charge in [0.2, 0.25) is 0 Å². The number of aliphatic hydroxyl groups is 2. The minimum atomic E-state index is -1.27. The first-order valence-electron chi connectivity index (χ1n) is 24.2. The van der Waals surface area contributed by atoms with E-state index in [1.165, 1.54) is 38.9 Å². The number of hydrogen-bond acceptors (Lipinski definition) is 6. The molecule has 8 heteroatoms. The van der Waals surface area contributed by atoms with E-state index >= 15 is 4.79 Å². The molecule has 0 amide bonds. The van der Waals surface area contributed by atoms with E-state index in [1.807, 2.05) is 13.8 Å². The Balaban J connectivity index is 1.10. The van der Waals surface area contributed by atoms with Gasteiger partial charge in [-0.25, -0.2) is 0 Å². The average molecular weight is 843 g/mol. The molecule has 3 N–H and O–H groups in total. The molecule has 12 rings (SSSR count). The second-order valence-electron chi connectivity index (χ2n) is 23.7. The molecule has 5 fully saturated rings. The van der Waals surface area contributed by atoms with Gasteiger partial charge >= 0.3 is 0 Å². The van der Waals surface area contributed by atoms with Crippen molar-refractivity contribution < 1.29 is 29.3 Å². The van der Waals surface area contributed by atoms with Crippen LogP contribution in [-0.4, -0.2) is 68.0 Å². The van der Waals surface area contributed by atoms with Crippen molar-refractivity contribution in [3.05, 3.63) is 81.7 Å². The minimum Gasteiger partial charge on any atom is -0.390 e. The highest BCUT2D eigenvalue weighted by Gasteiger charge is 2.77. The Morgan fingerprint density at radius 3 is 2.47 bits per heavy atom. The number of H-pyrrole nitrogens is 1. The van der Waals surface area contributed by atoms with Gasteiger partial charge in [0.15, 0.2) is 5.78 Å². The number of aromatic nitrogens is 2. The molecule has 9 aliphatic rings. The quantitative estimate of drug-likeness (QED) is 0.168. The summed E-state index contributed by atoms with van der Waals surface area (Å²) in [6.07, 6.45) is 17.0. The summed E-state index contributed by atoms with van der Waals surface area (Å²) in [6, 6.07) is 7.12. The largest absolute Gasteiger partial charge is 0.390 e. The summed E-state index contributed by atoms with van der Waals surface area (Å²) in [6.45, 7) is 19.9. The van der Waals surface area contributed by atoms with Crippen LogP contribution in [0.15, 0.2) is 53.9 Å². The monoisotopic (exact) mass is 843 g/mol. The van der Waals surface area contributed by atoms with Gasteiger partial charge in [0.1, 0.15) is 11.9 Å². The molecule has 2 saturated heterocycles. The lowest BCUT2D eigenvalue weighted by atomic mass is 9.32. The molecule has 3 aromatic rings. The smallest absolute Gasteiger partial charge is 0.160 e. The molecule has 10 unspecified atom stereocenters. The van der Waals surface area contributed by atoms with Crippen LogP contribution in [0.5, 0.6) is 0 Å². The van der Waals surface area contributed by atoms with Crippen LogP contribution < -0.4 is 0 Å². The predicted octanol–water partition coefficient (Wildman–Crippen LogP) is 9.65. The molecule has 1 aromatic carbocycles. The van der Waals surface area contributed by atoms with E-state index in [1.54, 1.807) is 0 Å². The highest BCUT2D eigenvalue weighted by Crippen LogP contribution is 2.79. The number of ether oxygens (including phenoxy) is 2. The predicted molar refractivity (Wildman–Crippen MR) is 241 cm³/mol. The van der Waals surface area contributed by atoms with E-state index in [9.17, 15) is 15.0 Å². The molecule has 10 atom stereocenters. The van der Waals surface area contributed by atoms with Gasteiger partial charge in [-0.1, -0.05) is 70.5 Å². The third kappa shape index (κ3) is 5.57. The fourth-order valence-corrected chi connectivity index (χ4v) is 16.7. The number of carbonyl (C=O) groups excluding carboxylic acids is 2. The molecule has 3 aliphatic heterocycles. The van der Waals surface area contributed by atoms with Crippen molar-refractivity contribution in [3.63, 3.8) is 0 Å². The third-order valence-corrected chi connectivity index (χ3v) is 19.5. The average Bonchev–Trinajstić information content (AvgIpc) is 3.43. The summed E-state index contributed by atoms with van der Waals surface area (Å²) in [5.41, 5.74) is 6.90. The molecule has 3 saturated carbocycles. The lowest BCUT2D eigenvalue weighted by Crippen LogP contribution is -2.71. The Morgan fingerprint density at radius 1 is 0.968 bits per heavy atom. The van der Waals surface area contributed by atoms with Crippen molar-refractivity contribution in [2.45, 2.75) is 168 Å². The van der Waals surface area contributed by atoms with Gasteiger partial charge in [0.05, 0.1) is 28.3 Å². The summed E-state index contributed by atoms with van der Waals surface area (Å²) in [7, 11) is 0. The minimum absolute atomic E-state index is 0.134. The van der Waals surface area contributed by atoms with Crippen LogP contribution >= 0.6 is 0 Å².